The molecule has 1 heterocycles. The van der Waals surface area contributed by atoms with Crippen molar-refractivity contribution in [2.45, 2.75) is 38.3 Å². The van der Waals surface area contributed by atoms with Crippen molar-refractivity contribution in [3.63, 3.8) is 0 Å². The number of nitrogens with zero attached hydrogens (tertiary/aromatic N) is 2. The molecule has 1 aromatic heterocycles. The largest absolute Gasteiger partial charge is 0.377 e. The zero-order chi connectivity index (χ0) is 12.3. The molecule has 5 heteroatoms. The minimum atomic E-state index is -0.248. The molecule has 1 aromatic rings. The van der Waals surface area contributed by atoms with Crippen LogP contribution in [0.4, 0.5) is 5.69 Å². The minimum Gasteiger partial charge on any atom is -0.377 e. The molecular weight excluding hydrogens is 238 g/mol. The van der Waals surface area contributed by atoms with Gasteiger partial charge in [-0.3, -0.25) is 4.79 Å². The fourth-order valence-corrected chi connectivity index (χ4v) is 2.25. The van der Waals surface area contributed by atoms with Crippen LogP contribution in [0, 0.1) is 12.3 Å². The van der Waals surface area contributed by atoms with Gasteiger partial charge in [0.2, 0.25) is 0 Å². The number of anilines is 1. The molecule has 90 valence electrons. The molecule has 0 atom stereocenters. The topological polar surface area (TPSA) is 46.9 Å². The molecule has 1 aliphatic rings. The number of hydrogen-bond donors (Lipinski definition) is 1. The van der Waals surface area contributed by atoms with Crippen LogP contribution in [0.3, 0.4) is 0 Å². The van der Waals surface area contributed by atoms with Crippen molar-refractivity contribution in [2.24, 2.45) is 0 Å². The smallest absolute Gasteiger partial charge is 0.292 e. The van der Waals surface area contributed by atoms with Gasteiger partial charge in [0, 0.05) is 6.04 Å². The first kappa shape index (κ1) is 12.0. The number of hydrogen-bond acceptors (Lipinski definition) is 3. The van der Waals surface area contributed by atoms with Crippen molar-refractivity contribution < 1.29 is 0 Å². The van der Waals surface area contributed by atoms with Gasteiger partial charge in [-0.2, -0.15) is 5.10 Å². The van der Waals surface area contributed by atoms with Crippen molar-refractivity contribution in [3.8, 4) is 12.3 Å². The number of rotatable bonds is 3. The van der Waals surface area contributed by atoms with Gasteiger partial charge in [-0.05, 0) is 12.8 Å². The van der Waals surface area contributed by atoms with Gasteiger partial charge in [0.15, 0.2) is 0 Å². The number of terminal acetylenes is 1. The fraction of sp³-hybridized carbons (Fsp3) is 0.500. The van der Waals surface area contributed by atoms with Crippen molar-refractivity contribution in [1.29, 1.82) is 0 Å². The lowest BCUT2D eigenvalue weighted by atomic mass is 10.2. The number of aromatic nitrogens is 2. The van der Waals surface area contributed by atoms with E-state index in [0.29, 0.717) is 16.8 Å². The summed E-state index contributed by atoms with van der Waals surface area (Å²) >= 11 is 5.99. The molecule has 4 nitrogen and oxygen atoms in total. The van der Waals surface area contributed by atoms with E-state index in [1.165, 1.54) is 23.7 Å². The monoisotopic (exact) mass is 251 g/mol. The molecule has 1 N–H and O–H groups in total. The molecule has 2 rings (SSSR count). The Bertz CT molecular complexity index is 497. The lowest BCUT2D eigenvalue weighted by Gasteiger charge is -2.14. The second-order valence-electron chi connectivity index (χ2n) is 4.16. The molecule has 0 spiro atoms. The van der Waals surface area contributed by atoms with Crippen LogP contribution in [0.1, 0.15) is 25.7 Å². The van der Waals surface area contributed by atoms with Crippen molar-refractivity contribution >= 4 is 17.3 Å². The van der Waals surface area contributed by atoms with E-state index >= 15 is 0 Å². The summed E-state index contributed by atoms with van der Waals surface area (Å²) in [5, 5.41) is 7.45. The summed E-state index contributed by atoms with van der Waals surface area (Å²) in [6.07, 6.45) is 11.2. The van der Waals surface area contributed by atoms with Gasteiger partial charge >= 0.3 is 0 Å². The van der Waals surface area contributed by atoms with E-state index in [0.717, 1.165) is 12.8 Å². The van der Waals surface area contributed by atoms with E-state index in [1.54, 1.807) is 0 Å². The van der Waals surface area contributed by atoms with E-state index in [4.69, 9.17) is 18.0 Å². The normalized spacial score (nSPS) is 15.8. The van der Waals surface area contributed by atoms with Crippen LogP contribution in [-0.4, -0.2) is 15.8 Å². The second kappa shape index (κ2) is 5.24. The van der Waals surface area contributed by atoms with E-state index in [-0.39, 0.29) is 12.1 Å². The first-order chi connectivity index (χ1) is 8.22. The van der Waals surface area contributed by atoms with Crippen LogP contribution >= 0.6 is 11.6 Å². The minimum absolute atomic E-state index is 0.162. The molecule has 1 aliphatic carbocycles. The Morgan fingerprint density at radius 2 is 2.29 bits per heavy atom. The first-order valence-corrected chi connectivity index (χ1v) is 6.06. The summed E-state index contributed by atoms with van der Waals surface area (Å²) in [4.78, 5) is 12.0. The maximum absolute atomic E-state index is 12.0. The van der Waals surface area contributed by atoms with Gasteiger partial charge < -0.3 is 5.32 Å². The van der Waals surface area contributed by atoms with Crippen LogP contribution in [0.25, 0.3) is 0 Å². The predicted octanol–water partition coefficient (Wildman–Crippen LogP) is 1.88. The Hall–Kier alpha value is -1.47. The van der Waals surface area contributed by atoms with Gasteiger partial charge in [-0.1, -0.05) is 30.4 Å². The average molecular weight is 252 g/mol. The maximum atomic E-state index is 12.0. The summed E-state index contributed by atoms with van der Waals surface area (Å²) in [7, 11) is 0. The summed E-state index contributed by atoms with van der Waals surface area (Å²) in [5.74, 6) is 2.39. The highest BCUT2D eigenvalue weighted by Crippen LogP contribution is 2.24. The molecule has 0 aliphatic heterocycles. The highest BCUT2D eigenvalue weighted by atomic mass is 35.5. The third-order valence-corrected chi connectivity index (χ3v) is 3.23. The highest BCUT2D eigenvalue weighted by molar-refractivity contribution is 6.33. The zero-order valence-electron chi connectivity index (χ0n) is 9.45. The van der Waals surface area contributed by atoms with Gasteiger partial charge in [0.1, 0.15) is 12.2 Å². The lowest BCUT2D eigenvalue weighted by molar-refractivity contribution is 0.659. The molecular formula is C12H14ClN3O. The molecule has 0 aromatic carbocycles. The Labute approximate surface area is 105 Å². The molecule has 1 saturated carbocycles. The third kappa shape index (κ3) is 2.62. The zero-order valence-corrected chi connectivity index (χ0v) is 10.2. The van der Waals surface area contributed by atoms with E-state index < -0.39 is 0 Å². The van der Waals surface area contributed by atoms with Crippen molar-refractivity contribution in [1.82, 2.24) is 9.78 Å². The molecule has 1 fully saturated rings. The molecule has 17 heavy (non-hydrogen) atoms. The standard InChI is InChI=1S/C12H14ClN3O/c1-2-7-16-12(17)11(10(13)8-14-16)15-9-5-3-4-6-9/h1,8-9,15H,3-7H2. The molecule has 0 radical (unpaired) electrons. The van der Waals surface area contributed by atoms with Crippen LogP contribution in [0.5, 0.6) is 0 Å². The van der Waals surface area contributed by atoms with Gasteiger partial charge in [-0.15, -0.1) is 6.42 Å². The van der Waals surface area contributed by atoms with Crippen LogP contribution in [0.15, 0.2) is 11.0 Å². The van der Waals surface area contributed by atoms with Gasteiger partial charge in [0.05, 0.1) is 11.2 Å². The molecule has 0 bridgehead atoms. The summed E-state index contributed by atoms with van der Waals surface area (Å²) < 4.78 is 1.24. The highest BCUT2D eigenvalue weighted by Gasteiger charge is 2.18. The Morgan fingerprint density at radius 3 is 2.94 bits per heavy atom. The lowest BCUT2D eigenvalue weighted by Crippen LogP contribution is -2.28. The Morgan fingerprint density at radius 1 is 1.59 bits per heavy atom. The second-order valence-corrected chi connectivity index (χ2v) is 4.57. The number of halogens is 1. The van der Waals surface area contributed by atoms with Crippen LogP contribution < -0.4 is 10.9 Å². The van der Waals surface area contributed by atoms with Gasteiger partial charge in [0.25, 0.3) is 5.56 Å². The van der Waals surface area contributed by atoms with E-state index in [2.05, 4.69) is 16.3 Å². The average Bonchev–Trinajstić information content (AvgIpc) is 2.81. The summed E-state index contributed by atoms with van der Waals surface area (Å²) in [6.45, 7) is 0.162. The number of nitrogens with one attached hydrogen (secondary N) is 1. The Kier molecular flexibility index (Phi) is 3.70. The molecule has 0 saturated heterocycles. The van der Waals surface area contributed by atoms with Crippen molar-refractivity contribution in [3.05, 3.63) is 21.6 Å². The quantitative estimate of drug-likeness (QED) is 0.835. The maximum Gasteiger partial charge on any atom is 0.292 e. The summed E-state index contributed by atoms with van der Waals surface area (Å²) in [6, 6.07) is 0.335. The predicted molar refractivity (Wildman–Crippen MR) is 68.2 cm³/mol. The SMILES string of the molecule is C#CCn1ncc(Cl)c(NC2CCCC2)c1=O. The van der Waals surface area contributed by atoms with E-state index in [9.17, 15) is 4.79 Å². The third-order valence-electron chi connectivity index (χ3n) is 2.94. The van der Waals surface area contributed by atoms with Crippen LogP contribution in [0.2, 0.25) is 5.02 Å². The van der Waals surface area contributed by atoms with Gasteiger partial charge in [-0.25, -0.2) is 4.68 Å². The molecule has 0 amide bonds. The van der Waals surface area contributed by atoms with Crippen molar-refractivity contribution in [2.75, 3.05) is 5.32 Å². The fourth-order valence-electron chi connectivity index (χ4n) is 2.07. The van der Waals surface area contributed by atoms with Crippen LogP contribution in [-0.2, 0) is 6.54 Å². The Balaban J connectivity index is 2.28. The molecule has 0 unspecified atom stereocenters. The summed E-state index contributed by atoms with van der Waals surface area (Å²) in [5.41, 5.74) is 0.172. The van der Waals surface area contributed by atoms with E-state index in [1.807, 2.05) is 0 Å². The first-order valence-electron chi connectivity index (χ1n) is 5.68.